The molecule has 0 aliphatic heterocycles. The summed E-state index contributed by atoms with van der Waals surface area (Å²) in [7, 11) is 0.0636. The monoisotopic (exact) mass is 716 g/mol. The predicted molar refractivity (Wildman–Crippen MR) is 206 cm³/mol. The Hall–Kier alpha value is -0.590. The molecule has 0 radical (unpaired) electrons. The first kappa shape index (κ1) is 48.4. The van der Waals surface area contributed by atoms with Gasteiger partial charge in [-0.2, -0.15) is 0 Å². The molecule has 1 atom stereocenters. The van der Waals surface area contributed by atoms with Crippen molar-refractivity contribution in [2.45, 2.75) is 225 Å². The zero-order valence-electron chi connectivity index (χ0n) is 33.2. The summed E-state index contributed by atoms with van der Waals surface area (Å²) in [6.07, 6.45) is 36.4. The van der Waals surface area contributed by atoms with Crippen LogP contribution < -0.4 is 4.89 Å². The molecule has 7 nitrogen and oxygen atoms in total. The number of carbonyl (C=O) groups is 2. The highest BCUT2D eigenvalue weighted by molar-refractivity contribution is 7.44. The maximum absolute atomic E-state index is 13.6. The van der Waals surface area contributed by atoms with E-state index < -0.39 is 25.0 Å². The van der Waals surface area contributed by atoms with Crippen molar-refractivity contribution in [1.82, 2.24) is 0 Å². The Labute approximate surface area is 304 Å². The van der Waals surface area contributed by atoms with Gasteiger partial charge < -0.3 is 14.3 Å². The molecule has 0 heterocycles. The van der Waals surface area contributed by atoms with E-state index in [1.807, 2.05) is 0 Å². The number of quaternary nitrogens is 1. The van der Waals surface area contributed by atoms with Gasteiger partial charge in [0.15, 0.2) is 11.6 Å². The van der Waals surface area contributed by atoms with E-state index in [0.29, 0.717) is 12.8 Å². The summed E-state index contributed by atoms with van der Waals surface area (Å²) < 4.78 is 17.3. The van der Waals surface area contributed by atoms with Crippen LogP contribution in [-0.4, -0.2) is 54.2 Å². The van der Waals surface area contributed by atoms with Gasteiger partial charge in [0, 0.05) is 12.8 Å². The van der Waals surface area contributed by atoms with Crippen LogP contribution in [0.1, 0.15) is 219 Å². The van der Waals surface area contributed by atoms with Crippen LogP contribution >= 0.6 is 7.82 Å². The van der Waals surface area contributed by atoms with Crippen LogP contribution in [0.4, 0.5) is 0 Å². The van der Waals surface area contributed by atoms with Gasteiger partial charge in [0.2, 0.25) is 5.60 Å². The molecular formula is C41H82NO6P. The Morgan fingerprint density at radius 1 is 0.510 bits per heavy atom. The number of likely N-dealkylation sites (N-methyl/N-ethyl adjacent to an activating group) is 1. The molecule has 1 N–H and O–H groups in total. The minimum absolute atomic E-state index is 0.0723. The number of carbonyl (C=O) groups excluding carboxylic acids is 2. The lowest BCUT2D eigenvalue weighted by Crippen LogP contribution is -2.60. The van der Waals surface area contributed by atoms with E-state index in [2.05, 4.69) is 13.8 Å². The number of unbranched alkanes of at least 4 members (excludes halogenated alkanes) is 28. The van der Waals surface area contributed by atoms with Crippen LogP contribution in [0.3, 0.4) is 0 Å². The molecule has 49 heavy (non-hydrogen) atoms. The van der Waals surface area contributed by atoms with E-state index in [-0.39, 0.29) is 23.9 Å². The normalized spacial score (nSPS) is 13.5. The van der Waals surface area contributed by atoms with Crippen molar-refractivity contribution >= 4 is 19.4 Å². The van der Waals surface area contributed by atoms with Crippen LogP contribution in [0, 0.1) is 0 Å². The first-order valence-electron chi connectivity index (χ1n) is 21.0. The number of hydrogen-bond donors (Lipinski definition) is 1. The van der Waals surface area contributed by atoms with Gasteiger partial charge in [0.05, 0.1) is 21.1 Å². The average molecular weight is 716 g/mol. The van der Waals surface area contributed by atoms with Gasteiger partial charge in [0.1, 0.15) is 6.54 Å². The Morgan fingerprint density at radius 3 is 0.939 bits per heavy atom. The molecule has 0 aromatic heterocycles. The molecule has 0 bridgehead atoms. The van der Waals surface area contributed by atoms with Gasteiger partial charge in [-0.15, -0.1) is 0 Å². The van der Waals surface area contributed by atoms with Crippen LogP contribution in [0.2, 0.25) is 0 Å². The molecule has 0 saturated heterocycles. The number of hydrogen-bond acceptors (Lipinski definition) is 5. The molecule has 0 rings (SSSR count). The number of phosphoric acid groups is 1. The number of Topliss-reactive ketones (excluding diaryl/α,β-unsaturated/α-hetero) is 2. The quantitative estimate of drug-likeness (QED) is 0.0295. The van der Waals surface area contributed by atoms with Crippen molar-refractivity contribution in [3.05, 3.63) is 0 Å². The minimum atomic E-state index is -5.33. The topological polar surface area (TPSA) is 104 Å². The Kier molecular flexibility index (Phi) is 30.6. The molecule has 1 unspecified atom stereocenters. The largest absolute Gasteiger partial charge is 0.756 e. The molecule has 0 aliphatic carbocycles. The fourth-order valence-electron chi connectivity index (χ4n) is 7.05. The van der Waals surface area contributed by atoms with Gasteiger partial charge in [-0.25, -0.2) is 0 Å². The summed E-state index contributed by atoms with van der Waals surface area (Å²) in [6, 6.07) is 0. The van der Waals surface area contributed by atoms with Gasteiger partial charge >= 0.3 is 0 Å². The van der Waals surface area contributed by atoms with Crippen molar-refractivity contribution in [3.8, 4) is 0 Å². The summed E-state index contributed by atoms with van der Waals surface area (Å²) in [6.45, 7) is 4.38. The maximum atomic E-state index is 13.6. The number of rotatable bonds is 38. The zero-order valence-corrected chi connectivity index (χ0v) is 34.1. The first-order chi connectivity index (χ1) is 23.4. The highest BCUT2D eigenvalue weighted by Gasteiger charge is 2.51. The van der Waals surface area contributed by atoms with Gasteiger partial charge in [-0.05, 0) is 12.8 Å². The van der Waals surface area contributed by atoms with Gasteiger partial charge in [-0.1, -0.05) is 194 Å². The summed E-state index contributed by atoms with van der Waals surface area (Å²) in [5, 5.41) is 0. The zero-order chi connectivity index (χ0) is 36.7. The van der Waals surface area contributed by atoms with Crippen molar-refractivity contribution < 1.29 is 32.9 Å². The molecule has 0 amide bonds. The molecular weight excluding hydrogens is 633 g/mol. The fourth-order valence-corrected chi connectivity index (χ4v) is 7.70. The third-order valence-electron chi connectivity index (χ3n) is 9.88. The molecule has 0 fully saturated rings. The lowest BCUT2D eigenvalue weighted by Gasteiger charge is -2.39. The van der Waals surface area contributed by atoms with Gasteiger partial charge in [0.25, 0.3) is 7.82 Å². The van der Waals surface area contributed by atoms with Crippen LogP contribution in [0.25, 0.3) is 0 Å². The van der Waals surface area contributed by atoms with E-state index in [1.54, 1.807) is 21.1 Å². The minimum Gasteiger partial charge on any atom is -0.756 e. The number of ketones is 2. The molecule has 292 valence electrons. The first-order valence-corrected chi connectivity index (χ1v) is 22.5. The summed E-state index contributed by atoms with van der Waals surface area (Å²) in [5.41, 5.74) is -2.17. The van der Waals surface area contributed by atoms with Crippen LogP contribution in [0.15, 0.2) is 0 Å². The standard InChI is InChI=1S/C41H82NO6P/c1-6-8-10-12-14-16-18-20-22-24-26-28-30-32-34-36-39(43)41(38-42(3,4)5,48-49(45,46)47)40(44)37-35-33-31-29-27-25-23-21-19-17-15-13-11-9-7-2/h6-38H2,1-5H3,(H-,45,46,47). The van der Waals surface area contributed by atoms with Crippen LogP contribution in [0.5, 0.6) is 0 Å². The number of phosphoric ester groups is 1. The highest BCUT2D eigenvalue weighted by atomic mass is 31.2. The Bertz CT molecular complexity index is 790. The second-order valence-corrected chi connectivity index (χ2v) is 17.2. The van der Waals surface area contributed by atoms with Crippen molar-refractivity contribution in [1.29, 1.82) is 0 Å². The predicted octanol–water partition coefficient (Wildman–Crippen LogP) is 11.6. The van der Waals surface area contributed by atoms with Crippen molar-refractivity contribution in [2.24, 2.45) is 0 Å². The molecule has 8 heteroatoms. The average Bonchev–Trinajstić information content (AvgIpc) is 3.02. The third-order valence-corrected chi connectivity index (χ3v) is 10.4. The van der Waals surface area contributed by atoms with E-state index in [4.69, 9.17) is 4.52 Å². The fraction of sp³-hybridized carbons (Fsp3) is 0.951. The number of nitrogens with zero attached hydrogens (tertiary/aromatic N) is 1. The van der Waals surface area contributed by atoms with E-state index in [0.717, 1.165) is 38.5 Å². The van der Waals surface area contributed by atoms with Crippen molar-refractivity contribution in [3.63, 3.8) is 0 Å². The SMILES string of the molecule is CCCCCCCCCCCCCCCCCC(=O)C(C[N+](C)(C)C)(OP(=O)([O-])O)C(=O)CCCCCCCCCCCCCCCCC. The second kappa shape index (κ2) is 31.0. The van der Waals surface area contributed by atoms with E-state index in [1.165, 1.54) is 141 Å². The molecule has 0 aromatic rings. The van der Waals surface area contributed by atoms with E-state index >= 15 is 0 Å². The maximum Gasteiger partial charge on any atom is 0.266 e. The second-order valence-electron chi connectivity index (χ2n) is 16.1. The van der Waals surface area contributed by atoms with Gasteiger partial charge in [-0.3, -0.25) is 18.7 Å². The molecule has 0 aromatic carbocycles. The van der Waals surface area contributed by atoms with E-state index in [9.17, 15) is 23.9 Å². The smallest absolute Gasteiger partial charge is 0.266 e. The lowest BCUT2D eigenvalue weighted by atomic mass is 9.86. The summed E-state index contributed by atoms with van der Waals surface area (Å²) in [4.78, 5) is 49.0. The Balaban J connectivity index is 4.52. The Morgan fingerprint density at radius 2 is 0.735 bits per heavy atom. The summed E-state index contributed by atoms with van der Waals surface area (Å²) in [5.74, 6) is -1.04. The molecule has 0 saturated carbocycles. The third kappa shape index (κ3) is 29.7. The van der Waals surface area contributed by atoms with Crippen molar-refractivity contribution in [2.75, 3.05) is 27.7 Å². The highest BCUT2D eigenvalue weighted by Crippen LogP contribution is 2.40. The summed E-state index contributed by atoms with van der Waals surface area (Å²) >= 11 is 0. The molecule has 0 spiro atoms. The van der Waals surface area contributed by atoms with Crippen LogP contribution in [-0.2, 0) is 18.7 Å². The molecule has 0 aliphatic rings. The lowest BCUT2D eigenvalue weighted by molar-refractivity contribution is -0.874.